The molecule has 0 radical (unpaired) electrons. The fourth-order valence-corrected chi connectivity index (χ4v) is 2.75. The van der Waals surface area contributed by atoms with Crippen molar-refractivity contribution in [3.63, 3.8) is 0 Å². The van der Waals surface area contributed by atoms with E-state index in [0.717, 1.165) is 19.5 Å². The van der Waals surface area contributed by atoms with Gasteiger partial charge in [0, 0.05) is 18.8 Å². The third-order valence-electron chi connectivity index (χ3n) is 3.64. The second-order valence-corrected chi connectivity index (χ2v) is 5.36. The van der Waals surface area contributed by atoms with Crippen LogP contribution in [0.4, 0.5) is 5.69 Å². The van der Waals surface area contributed by atoms with Crippen LogP contribution in [0, 0.1) is 12.8 Å². The van der Waals surface area contributed by atoms with Gasteiger partial charge < -0.3 is 10.6 Å². The van der Waals surface area contributed by atoms with Gasteiger partial charge in [-0.3, -0.25) is 0 Å². The predicted molar refractivity (Wildman–Crippen MR) is 74.5 cm³/mol. The quantitative estimate of drug-likeness (QED) is 0.865. The van der Waals surface area contributed by atoms with Crippen LogP contribution in [-0.2, 0) is 6.42 Å². The van der Waals surface area contributed by atoms with Gasteiger partial charge in [-0.2, -0.15) is 0 Å². The number of benzene rings is 1. The molecule has 0 amide bonds. The number of anilines is 1. The van der Waals surface area contributed by atoms with Crippen molar-refractivity contribution in [2.75, 3.05) is 24.5 Å². The van der Waals surface area contributed by atoms with Crippen molar-refractivity contribution in [2.45, 2.75) is 33.1 Å². The van der Waals surface area contributed by atoms with Gasteiger partial charge in [-0.15, -0.1) is 0 Å². The van der Waals surface area contributed by atoms with Crippen molar-refractivity contribution in [3.05, 3.63) is 29.3 Å². The highest BCUT2D eigenvalue weighted by Crippen LogP contribution is 2.28. The van der Waals surface area contributed by atoms with Crippen molar-refractivity contribution < 1.29 is 0 Å². The Hall–Kier alpha value is -1.02. The zero-order valence-electron chi connectivity index (χ0n) is 11.1. The third kappa shape index (κ3) is 3.01. The van der Waals surface area contributed by atoms with Crippen LogP contribution in [0.5, 0.6) is 0 Å². The first-order valence-corrected chi connectivity index (χ1v) is 6.75. The van der Waals surface area contributed by atoms with Gasteiger partial charge in [0.15, 0.2) is 0 Å². The molecule has 0 aliphatic carbocycles. The second kappa shape index (κ2) is 5.54. The summed E-state index contributed by atoms with van der Waals surface area (Å²) in [6, 6.07) is 6.86. The highest BCUT2D eigenvalue weighted by molar-refractivity contribution is 5.56. The molecule has 2 nitrogen and oxygen atoms in total. The zero-order valence-corrected chi connectivity index (χ0v) is 11.1. The minimum Gasteiger partial charge on any atom is -0.371 e. The minimum atomic E-state index is 0.687. The lowest BCUT2D eigenvalue weighted by molar-refractivity contribution is 0.514. The number of nitrogens with zero attached hydrogens (tertiary/aromatic N) is 1. The maximum absolute atomic E-state index is 5.63. The maximum atomic E-state index is 5.63. The average Bonchev–Trinajstić information content (AvgIpc) is 2.29. The standard InChI is InChI=1S/C15H24N2/c1-12-5-6-15-14(10-12)4-3-9-17(15)11-13(2)7-8-16/h5-6,10,13H,3-4,7-9,11,16H2,1-2H3. The number of hydrogen-bond acceptors (Lipinski definition) is 2. The average molecular weight is 232 g/mol. The molecule has 1 aliphatic heterocycles. The first-order valence-electron chi connectivity index (χ1n) is 6.75. The molecular weight excluding hydrogens is 208 g/mol. The van der Waals surface area contributed by atoms with E-state index in [9.17, 15) is 0 Å². The Bertz CT molecular complexity index is 373. The van der Waals surface area contributed by atoms with Crippen LogP contribution in [0.15, 0.2) is 18.2 Å². The van der Waals surface area contributed by atoms with Gasteiger partial charge in [0.2, 0.25) is 0 Å². The Morgan fingerprint density at radius 3 is 3.00 bits per heavy atom. The summed E-state index contributed by atoms with van der Waals surface area (Å²) in [5.41, 5.74) is 9.98. The fourth-order valence-electron chi connectivity index (χ4n) is 2.75. The van der Waals surface area contributed by atoms with Crippen LogP contribution in [0.1, 0.15) is 30.9 Å². The van der Waals surface area contributed by atoms with Crippen LogP contribution in [-0.4, -0.2) is 19.6 Å². The van der Waals surface area contributed by atoms with E-state index in [1.165, 1.54) is 36.2 Å². The molecule has 1 heterocycles. The number of hydrogen-bond donors (Lipinski definition) is 1. The first-order chi connectivity index (χ1) is 8.20. The normalized spacial score (nSPS) is 16.8. The molecule has 1 aromatic carbocycles. The highest BCUT2D eigenvalue weighted by atomic mass is 15.1. The molecule has 0 spiro atoms. The van der Waals surface area contributed by atoms with Gasteiger partial charge in [0.05, 0.1) is 0 Å². The van der Waals surface area contributed by atoms with E-state index in [1.807, 2.05) is 0 Å². The number of fused-ring (bicyclic) bond motifs is 1. The van der Waals surface area contributed by atoms with Gasteiger partial charge in [-0.25, -0.2) is 0 Å². The van der Waals surface area contributed by atoms with Gasteiger partial charge in [-0.05, 0) is 50.3 Å². The summed E-state index contributed by atoms with van der Waals surface area (Å²) in [7, 11) is 0. The molecule has 1 unspecified atom stereocenters. The van der Waals surface area contributed by atoms with Crippen LogP contribution >= 0.6 is 0 Å². The van der Waals surface area contributed by atoms with Gasteiger partial charge in [0.25, 0.3) is 0 Å². The summed E-state index contributed by atoms with van der Waals surface area (Å²) < 4.78 is 0. The van der Waals surface area contributed by atoms with Gasteiger partial charge in [-0.1, -0.05) is 24.6 Å². The lowest BCUT2D eigenvalue weighted by Crippen LogP contribution is -2.33. The second-order valence-electron chi connectivity index (χ2n) is 5.36. The molecule has 2 N–H and O–H groups in total. The van der Waals surface area contributed by atoms with Crippen LogP contribution in [0.3, 0.4) is 0 Å². The van der Waals surface area contributed by atoms with E-state index in [-0.39, 0.29) is 0 Å². The highest BCUT2D eigenvalue weighted by Gasteiger charge is 2.18. The molecule has 2 heteroatoms. The smallest absolute Gasteiger partial charge is 0.0399 e. The SMILES string of the molecule is Cc1ccc2c(c1)CCCN2CC(C)CCN. The molecule has 17 heavy (non-hydrogen) atoms. The molecule has 0 bridgehead atoms. The molecule has 0 fully saturated rings. The molecular formula is C15H24N2. The van der Waals surface area contributed by atoms with Crippen LogP contribution in [0.2, 0.25) is 0 Å². The Morgan fingerprint density at radius 2 is 2.24 bits per heavy atom. The largest absolute Gasteiger partial charge is 0.371 e. The Balaban J connectivity index is 2.11. The predicted octanol–water partition coefficient (Wildman–Crippen LogP) is 2.73. The van der Waals surface area contributed by atoms with Crippen LogP contribution in [0.25, 0.3) is 0 Å². The lowest BCUT2D eigenvalue weighted by Gasteiger charge is -2.33. The maximum Gasteiger partial charge on any atom is 0.0399 e. The van der Waals surface area contributed by atoms with E-state index in [1.54, 1.807) is 0 Å². The lowest BCUT2D eigenvalue weighted by atomic mass is 9.98. The van der Waals surface area contributed by atoms with E-state index in [4.69, 9.17) is 5.73 Å². The third-order valence-corrected chi connectivity index (χ3v) is 3.64. The van der Waals surface area contributed by atoms with Crippen LogP contribution < -0.4 is 10.6 Å². The van der Waals surface area contributed by atoms with Crippen molar-refractivity contribution in [2.24, 2.45) is 11.7 Å². The van der Waals surface area contributed by atoms with Gasteiger partial charge >= 0.3 is 0 Å². The molecule has 1 aromatic rings. The molecule has 2 rings (SSSR count). The summed E-state index contributed by atoms with van der Waals surface area (Å²) in [4.78, 5) is 2.54. The molecule has 1 atom stereocenters. The van der Waals surface area contributed by atoms with E-state index in [2.05, 4.69) is 36.9 Å². The van der Waals surface area contributed by atoms with Crippen molar-refractivity contribution in [1.29, 1.82) is 0 Å². The zero-order chi connectivity index (χ0) is 12.3. The van der Waals surface area contributed by atoms with Crippen molar-refractivity contribution in [1.82, 2.24) is 0 Å². The molecule has 0 saturated heterocycles. The summed E-state index contributed by atoms with van der Waals surface area (Å²) >= 11 is 0. The molecule has 94 valence electrons. The molecule has 1 aliphatic rings. The van der Waals surface area contributed by atoms with Crippen molar-refractivity contribution >= 4 is 5.69 Å². The van der Waals surface area contributed by atoms with Gasteiger partial charge in [0.1, 0.15) is 0 Å². The summed E-state index contributed by atoms with van der Waals surface area (Å²) in [6.45, 7) is 7.62. The Morgan fingerprint density at radius 1 is 1.41 bits per heavy atom. The summed E-state index contributed by atoms with van der Waals surface area (Å²) in [5, 5.41) is 0. The van der Waals surface area contributed by atoms with Crippen molar-refractivity contribution in [3.8, 4) is 0 Å². The van der Waals surface area contributed by atoms with E-state index in [0.29, 0.717) is 5.92 Å². The topological polar surface area (TPSA) is 29.3 Å². The monoisotopic (exact) mass is 232 g/mol. The number of rotatable bonds is 4. The summed E-state index contributed by atoms with van der Waals surface area (Å²) in [6.07, 6.45) is 3.64. The summed E-state index contributed by atoms with van der Waals surface area (Å²) in [5.74, 6) is 0.687. The Labute approximate surface area is 105 Å². The molecule has 0 saturated carbocycles. The minimum absolute atomic E-state index is 0.687. The Kier molecular flexibility index (Phi) is 4.06. The van der Waals surface area contributed by atoms with E-state index < -0.39 is 0 Å². The number of aryl methyl sites for hydroxylation is 2. The fraction of sp³-hybridized carbons (Fsp3) is 0.600. The molecule has 0 aromatic heterocycles. The number of nitrogens with two attached hydrogens (primary N) is 1. The first kappa shape index (κ1) is 12.4. The van der Waals surface area contributed by atoms with E-state index >= 15 is 0 Å².